The van der Waals surface area contributed by atoms with Gasteiger partial charge in [0.25, 0.3) is 0 Å². The first-order chi connectivity index (χ1) is 8.79. The maximum atomic E-state index is 12.5. The lowest BCUT2D eigenvalue weighted by Gasteiger charge is -2.13. The van der Waals surface area contributed by atoms with E-state index in [-0.39, 0.29) is 0 Å². The van der Waals surface area contributed by atoms with Gasteiger partial charge in [0.15, 0.2) is 0 Å². The van der Waals surface area contributed by atoms with E-state index in [0.29, 0.717) is 5.56 Å². The van der Waals surface area contributed by atoms with Crippen molar-refractivity contribution in [3.63, 3.8) is 0 Å². The fraction of sp³-hybridized carbons (Fsp3) is 0.308. The highest BCUT2D eigenvalue weighted by Gasteiger charge is 2.30. The molecule has 0 bridgehead atoms. The predicted molar refractivity (Wildman–Crippen MR) is 65.4 cm³/mol. The zero-order chi connectivity index (χ0) is 14.2. The summed E-state index contributed by atoms with van der Waals surface area (Å²) in [6.45, 7) is 1.82. The Kier molecular flexibility index (Phi) is 3.36. The highest BCUT2D eigenvalue weighted by molar-refractivity contribution is 5.34. The van der Waals surface area contributed by atoms with Crippen LogP contribution in [0.5, 0.6) is 0 Å². The van der Waals surface area contributed by atoms with Gasteiger partial charge in [0.1, 0.15) is 0 Å². The van der Waals surface area contributed by atoms with Crippen molar-refractivity contribution >= 4 is 0 Å². The predicted octanol–water partition coefficient (Wildman–Crippen LogP) is 2.80. The summed E-state index contributed by atoms with van der Waals surface area (Å²) >= 11 is 0. The molecule has 1 aromatic carbocycles. The molecule has 0 saturated carbocycles. The molecule has 0 radical (unpaired) electrons. The van der Waals surface area contributed by atoms with Gasteiger partial charge in [-0.1, -0.05) is 12.1 Å². The summed E-state index contributed by atoms with van der Waals surface area (Å²) < 4.78 is 39.0. The van der Waals surface area contributed by atoms with Crippen LogP contribution < -0.4 is 5.73 Å². The first kappa shape index (κ1) is 13.6. The van der Waals surface area contributed by atoms with Gasteiger partial charge in [0.2, 0.25) is 0 Å². The number of aromatic nitrogens is 2. The molecule has 0 saturated heterocycles. The van der Waals surface area contributed by atoms with Gasteiger partial charge in [0.05, 0.1) is 17.3 Å². The highest BCUT2D eigenvalue weighted by atomic mass is 19.4. The Balaban J connectivity index is 2.30. The molecule has 0 aliphatic rings. The zero-order valence-corrected chi connectivity index (χ0v) is 10.6. The number of alkyl halides is 3. The van der Waals surface area contributed by atoms with Crippen LogP contribution in [0, 0.1) is 6.92 Å². The molecule has 1 aromatic heterocycles. The van der Waals surface area contributed by atoms with Crippen molar-refractivity contribution in [3.8, 4) is 0 Å². The van der Waals surface area contributed by atoms with E-state index < -0.39 is 17.8 Å². The second-order valence-corrected chi connectivity index (χ2v) is 4.44. The topological polar surface area (TPSA) is 43.8 Å². The summed E-state index contributed by atoms with van der Waals surface area (Å²) in [5, 5.41) is 4.17. The second-order valence-electron chi connectivity index (χ2n) is 4.44. The van der Waals surface area contributed by atoms with E-state index in [9.17, 15) is 13.2 Å². The summed E-state index contributed by atoms with van der Waals surface area (Å²) in [6.07, 6.45) is -2.55. The Bertz CT molecular complexity index is 570. The van der Waals surface area contributed by atoms with Crippen molar-refractivity contribution in [3.05, 3.63) is 52.8 Å². The Morgan fingerprint density at radius 3 is 2.21 bits per heavy atom. The minimum Gasteiger partial charge on any atom is -0.320 e. The van der Waals surface area contributed by atoms with Crippen LogP contribution in [0.25, 0.3) is 0 Å². The molecular formula is C13H14F3N3. The Morgan fingerprint density at radius 1 is 1.21 bits per heavy atom. The average Bonchev–Trinajstić information content (AvgIpc) is 2.66. The quantitative estimate of drug-likeness (QED) is 0.911. The number of hydrogen-bond donors (Lipinski definition) is 1. The van der Waals surface area contributed by atoms with E-state index in [1.807, 2.05) is 6.92 Å². The summed E-state index contributed by atoms with van der Waals surface area (Å²) in [4.78, 5) is 0. The monoisotopic (exact) mass is 269 g/mol. The van der Waals surface area contributed by atoms with Gasteiger partial charge >= 0.3 is 6.18 Å². The minimum atomic E-state index is -4.33. The molecule has 1 atom stereocenters. The van der Waals surface area contributed by atoms with Crippen molar-refractivity contribution in [2.45, 2.75) is 19.1 Å². The Labute approximate surface area is 108 Å². The average molecular weight is 269 g/mol. The molecule has 6 heteroatoms. The van der Waals surface area contributed by atoms with E-state index in [4.69, 9.17) is 5.73 Å². The Hall–Kier alpha value is -1.82. The maximum absolute atomic E-state index is 12.5. The van der Waals surface area contributed by atoms with Crippen molar-refractivity contribution < 1.29 is 13.2 Å². The normalized spacial score (nSPS) is 13.6. The second kappa shape index (κ2) is 4.70. The number of rotatable bonds is 2. The molecule has 2 N–H and O–H groups in total. The van der Waals surface area contributed by atoms with Gasteiger partial charge in [-0.25, -0.2) is 0 Å². The number of aryl methyl sites for hydroxylation is 2. The van der Waals surface area contributed by atoms with Crippen molar-refractivity contribution in [1.82, 2.24) is 9.78 Å². The number of nitrogens with zero attached hydrogens (tertiary/aromatic N) is 2. The van der Waals surface area contributed by atoms with Crippen LogP contribution >= 0.6 is 0 Å². The van der Waals surface area contributed by atoms with E-state index in [1.54, 1.807) is 17.9 Å². The van der Waals surface area contributed by atoms with Crippen LogP contribution in [-0.4, -0.2) is 9.78 Å². The summed E-state index contributed by atoms with van der Waals surface area (Å²) in [6, 6.07) is 4.41. The Morgan fingerprint density at radius 2 is 1.79 bits per heavy atom. The van der Waals surface area contributed by atoms with Crippen LogP contribution in [0.2, 0.25) is 0 Å². The van der Waals surface area contributed by atoms with Crippen LogP contribution in [-0.2, 0) is 13.2 Å². The van der Waals surface area contributed by atoms with Gasteiger partial charge < -0.3 is 5.73 Å². The molecule has 3 nitrogen and oxygen atoms in total. The SMILES string of the molecule is Cc1nn(C)cc1C(N)c1ccc(C(F)(F)F)cc1. The molecule has 0 spiro atoms. The highest BCUT2D eigenvalue weighted by Crippen LogP contribution is 2.30. The molecule has 0 fully saturated rings. The van der Waals surface area contributed by atoms with E-state index in [2.05, 4.69) is 5.10 Å². The van der Waals surface area contributed by atoms with E-state index in [1.165, 1.54) is 12.1 Å². The van der Waals surface area contributed by atoms with Gasteiger partial charge in [-0.3, -0.25) is 4.68 Å². The van der Waals surface area contributed by atoms with Gasteiger partial charge in [-0.2, -0.15) is 18.3 Å². The van der Waals surface area contributed by atoms with Crippen molar-refractivity contribution in [2.75, 3.05) is 0 Å². The first-order valence-electron chi connectivity index (χ1n) is 5.72. The van der Waals surface area contributed by atoms with Crippen LogP contribution in [0.1, 0.15) is 28.4 Å². The zero-order valence-electron chi connectivity index (χ0n) is 10.6. The van der Waals surface area contributed by atoms with E-state index >= 15 is 0 Å². The number of hydrogen-bond acceptors (Lipinski definition) is 2. The number of benzene rings is 1. The van der Waals surface area contributed by atoms with Crippen LogP contribution in [0.15, 0.2) is 30.5 Å². The molecule has 2 aromatic rings. The molecule has 0 aliphatic heterocycles. The third-order valence-corrected chi connectivity index (χ3v) is 2.98. The molecule has 2 rings (SSSR count). The smallest absolute Gasteiger partial charge is 0.320 e. The molecule has 1 heterocycles. The third-order valence-electron chi connectivity index (χ3n) is 2.98. The molecule has 0 amide bonds. The first-order valence-corrected chi connectivity index (χ1v) is 5.72. The van der Waals surface area contributed by atoms with Gasteiger partial charge in [0, 0.05) is 18.8 Å². The summed E-state index contributed by atoms with van der Waals surface area (Å²) in [5.41, 5.74) is 7.59. The van der Waals surface area contributed by atoms with Gasteiger partial charge in [-0.05, 0) is 24.6 Å². The maximum Gasteiger partial charge on any atom is 0.416 e. The van der Waals surface area contributed by atoms with Gasteiger partial charge in [-0.15, -0.1) is 0 Å². The fourth-order valence-electron chi connectivity index (χ4n) is 1.98. The largest absolute Gasteiger partial charge is 0.416 e. The van der Waals surface area contributed by atoms with Crippen molar-refractivity contribution in [1.29, 1.82) is 0 Å². The van der Waals surface area contributed by atoms with Crippen LogP contribution in [0.3, 0.4) is 0 Å². The summed E-state index contributed by atoms with van der Waals surface area (Å²) in [7, 11) is 1.77. The molecule has 1 unspecified atom stereocenters. The molecular weight excluding hydrogens is 255 g/mol. The standard InChI is InChI=1S/C13H14F3N3/c1-8-11(7-19(2)18-8)12(17)9-3-5-10(6-4-9)13(14,15)16/h3-7,12H,17H2,1-2H3. The van der Waals surface area contributed by atoms with Crippen LogP contribution in [0.4, 0.5) is 13.2 Å². The fourth-order valence-corrected chi connectivity index (χ4v) is 1.98. The molecule has 102 valence electrons. The lowest BCUT2D eigenvalue weighted by Crippen LogP contribution is -2.13. The molecule has 0 aliphatic carbocycles. The lowest BCUT2D eigenvalue weighted by molar-refractivity contribution is -0.137. The minimum absolute atomic E-state index is 0.476. The third kappa shape index (κ3) is 2.78. The number of nitrogens with two attached hydrogens (primary N) is 1. The molecule has 19 heavy (non-hydrogen) atoms. The van der Waals surface area contributed by atoms with Crippen molar-refractivity contribution in [2.24, 2.45) is 12.8 Å². The number of halogens is 3. The van der Waals surface area contributed by atoms with E-state index in [0.717, 1.165) is 23.4 Å². The summed E-state index contributed by atoms with van der Waals surface area (Å²) in [5.74, 6) is 0. The lowest BCUT2D eigenvalue weighted by atomic mass is 9.99.